The van der Waals surface area contributed by atoms with Crippen LogP contribution in [-0.4, -0.2) is 29.1 Å². The molecule has 1 aliphatic heterocycles. The van der Waals surface area contributed by atoms with Crippen LogP contribution in [0.2, 0.25) is 0 Å². The highest BCUT2D eigenvalue weighted by Gasteiger charge is 2.65. The first-order valence-electron chi connectivity index (χ1n) is 11.0. The molecule has 1 N–H and O–H groups in total. The molecule has 0 aromatic heterocycles. The molecule has 1 saturated heterocycles. The molecule has 3 aliphatic carbocycles. The molecule has 3 unspecified atom stereocenters. The number of rotatable bonds is 1. The zero-order valence-electron chi connectivity index (χ0n) is 18.2. The molecule has 158 valence electrons. The smallest absolute Gasteiger partial charge is 0.334 e. The number of carbonyl (C=O) groups excluding carboxylic acids is 2. The summed E-state index contributed by atoms with van der Waals surface area (Å²) in [5.74, 6) is 0.517. The van der Waals surface area contributed by atoms with Gasteiger partial charge in [0.25, 0.3) is 0 Å². The number of fused-ring (bicyclic) bond motifs is 3. The zero-order valence-corrected chi connectivity index (χ0v) is 18.2. The van der Waals surface area contributed by atoms with Gasteiger partial charge in [-0.05, 0) is 67.9 Å². The lowest BCUT2D eigenvalue weighted by molar-refractivity contribution is -0.137. The summed E-state index contributed by atoms with van der Waals surface area (Å²) in [7, 11) is 0. The average Bonchev–Trinajstić information content (AvgIpc) is 3.10. The lowest BCUT2D eigenvalue weighted by atomic mass is 9.65. The molecule has 1 heterocycles. The van der Waals surface area contributed by atoms with Crippen LogP contribution in [0.25, 0.3) is 0 Å². The van der Waals surface area contributed by atoms with Crippen molar-refractivity contribution in [3.05, 3.63) is 35.5 Å². The first-order chi connectivity index (χ1) is 13.6. The average molecular weight is 399 g/mol. The SMILES string of the molecule is C=C1CC[C@H]2/C(=C/C3CC4CC(=O)C3(C)C4(C)C)C(=O)O[C@@H]2/C=C(\C)CC[C@H]1O. The third-order valence-electron chi connectivity index (χ3n) is 8.81. The van der Waals surface area contributed by atoms with Crippen molar-refractivity contribution < 1.29 is 19.4 Å². The van der Waals surface area contributed by atoms with Gasteiger partial charge >= 0.3 is 5.97 Å². The van der Waals surface area contributed by atoms with Crippen molar-refractivity contribution in [2.75, 3.05) is 0 Å². The third kappa shape index (κ3) is 3.06. The lowest BCUT2D eigenvalue weighted by Crippen LogP contribution is -2.38. The Labute approximate surface area is 174 Å². The van der Waals surface area contributed by atoms with Crippen molar-refractivity contribution in [2.24, 2.45) is 28.6 Å². The van der Waals surface area contributed by atoms with Crippen LogP contribution in [0.5, 0.6) is 0 Å². The Morgan fingerprint density at radius 3 is 2.59 bits per heavy atom. The van der Waals surface area contributed by atoms with E-state index in [0.29, 0.717) is 31.0 Å². The molecular weight excluding hydrogens is 364 g/mol. The van der Waals surface area contributed by atoms with Gasteiger partial charge in [0.2, 0.25) is 0 Å². The number of hydrogen-bond donors (Lipinski definition) is 1. The molecule has 3 fully saturated rings. The second kappa shape index (κ2) is 6.94. The zero-order chi connectivity index (χ0) is 21.1. The predicted octanol–water partition coefficient (Wildman–Crippen LogP) is 4.53. The summed E-state index contributed by atoms with van der Waals surface area (Å²) in [4.78, 5) is 25.7. The highest BCUT2D eigenvalue weighted by molar-refractivity contribution is 5.93. The van der Waals surface area contributed by atoms with E-state index < -0.39 is 11.5 Å². The summed E-state index contributed by atoms with van der Waals surface area (Å²) in [6.07, 6.45) is 7.85. The van der Waals surface area contributed by atoms with Gasteiger partial charge in [0.1, 0.15) is 11.9 Å². The number of hydrogen-bond acceptors (Lipinski definition) is 4. The molecule has 29 heavy (non-hydrogen) atoms. The van der Waals surface area contributed by atoms with Gasteiger partial charge in [-0.25, -0.2) is 4.79 Å². The van der Waals surface area contributed by atoms with E-state index in [2.05, 4.69) is 39.5 Å². The van der Waals surface area contributed by atoms with E-state index in [0.717, 1.165) is 36.0 Å². The van der Waals surface area contributed by atoms with Crippen LogP contribution in [0.15, 0.2) is 35.5 Å². The van der Waals surface area contributed by atoms with Crippen LogP contribution in [0.1, 0.15) is 66.2 Å². The number of allylic oxidation sites excluding steroid dienone is 2. The van der Waals surface area contributed by atoms with Gasteiger partial charge in [-0.2, -0.15) is 0 Å². The molecule has 4 rings (SSSR count). The summed E-state index contributed by atoms with van der Waals surface area (Å²) in [5.41, 5.74) is 2.24. The van der Waals surface area contributed by atoms with Crippen molar-refractivity contribution in [1.29, 1.82) is 0 Å². The summed E-state index contributed by atoms with van der Waals surface area (Å²) >= 11 is 0. The molecule has 2 saturated carbocycles. The van der Waals surface area contributed by atoms with Gasteiger partial charge in [0, 0.05) is 23.3 Å². The Kier molecular flexibility index (Phi) is 4.92. The maximum Gasteiger partial charge on any atom is 0.334 e. The van der Waals surface area contributed by atoms with Crippen LogP contribution in [-0.2, 0) is 14.3 Å². The van der Waals surface area contributed by atoms with Gasteiger partial charge < -0.3 is 9.84 Å². The molecule has 0 amide bonds. The van der Waals surface area contributed by atoms with Gasteiger partial charge in [0.15, 0.2) is 0 Å². The summed E-state index contributed by atoms with van der Waals surface area (Å²) in [5, 5.41) is 10.3. The molecule has 6 atom stereocenters. The predicted molar refractivity (Wildman–Crippen MR) is 112 cm³/mol. The number of carbonyl (C=O) groups is 2. The minimum atomic E-state index is -0.497. The fraction of sp³-hybridized carbons (Fsp3) is 0.680. The van der Waals surface area contributed by atoms with Crippen molar-refractivity contribution in [1.82, 2.24) is 0 Å². The van der Waals surface area contributed by atoms with Gasteiger partial charge in [-0.3, -0.25) is 4.79 Å². The monoisotopic (exact) mass is 398 g/mol. The Morgan fingerprint density at radius 2 is 1.93 bits per heavy atom. The van der Waals surface area contributed by atoms with Crippen molar-refractivity contribution in [2.45, 2.75) is 78.4 Å². The van der Waals surface area contributed by atoms with Crippen molar-refractivity contribution >= 4 is 11.8 Å². The number of esters is 1. The summed E-state index contributed by atoms with van der Waals surface area (Å²) < 4.78 is 5.78. The van der Waals surface area contributed by atoms with Gasteiger partial charge in [-0.15, -0.1) is 0 Å². The molecule has 4 aliphatic rings. The normalized spacial score (nSPS) is 45.1. The molecule has 0 spiro atoms. The summed E-state index contributed by atoms with van der Waals surface area (Å²) in [6, 6.07) is 0. The first-order valence-corrected chi connectivity index (χ1v) is 11.0. The van der Waals surface area contributed by atoms with Gasteiger partial charge in [0.05, 0.1) is 6.10 Å². The van der Waals surface area contributed by atoms with E-state index in [-0.39, 0.29) is 29.3 Å². The largest absolute Gasteiger partial charge is 0.454 e. The fourth-order valence-electron chi connectivity index (χ4n) is 6.23. The minimum Gasteiger partial charge on any atom is -0.454 e. The standard InChI is InChI=1S/C25H34O4/c1-14-6-9-20(26)15(2)7-8-18-19(23(28)29-21(18)10-14)12-17-11-16-13-22(27)25(17,5)24(16,3)4/h10,12,16-18,20-21,26H,2,6-9,11,13H2,1,3-5H3/b14-10+,19-12-/t16?,17?,18-,20+,21+,25?/m0/s1. The van der Waals surface area contributed by atoms with E-state index in [1.165, 1.54) is 0 Å². The fourth-order valence-corrected chi connectivity index (χ4v) is 6.23. The number of ketones is 1. The number of aliphatic hydroxyl groups is 1. The van der Waals surface area contributed by atoms with Crippen LogP contribution in [0, 0.1) is 28.6 Å². The van der Waals surface area contributed by atoms with Gasteiger partial charge in [-0.1, -0.05) is 39.0 Å². The Balaban J connectivity index is 1.68. The molecule has 0 aromatic carbocycles. The lowest BCUT2D eigenvalue weighted by Gasteiger charge is -2.36. The number of Topliss-reactive ketones (excluding diaryl/α,β-unsaturated/α-hetero) is 1. The molecule has 0 aromatic rings. The van der Waals surface area contributed by atoms with E-state index in [1.54, 1.807) is 0 Å². The van der Waals surface area contributed by atoms with E-state index in [1.807, 2.05) is 6.92 Å². The second-order valence-corrected chi connectivity index (χ2v) is 10.5. The second-order valence-electron chi connectivity index (χ2n) is 10.5. The molecule has 4 nitrogen and oxygen atoms in total. The topological polar surface area (TPSA) is 63.6 Å². The van der Waals surface area contributed by atoms with E-state index >= 15 is 0 Å². The quantitative estimate of drug-likeness (QED) is 0.400. The molecule has 0 radical (unpaired) electrons. The Bertz CT molecular complexity index is 817. The van der Waals surface area contributed by atoms with Crippen molar-refractivity contribution in [3.8, 4) is 0 Å². The van der Waals surface area contributed by atoms with Crippen LogP contribution >= 0.6 is 0 Å². The highest BCUT2D eigenvalue weighted by Crippen LogP contribution is 2.67. The number of ether oxygens (including phenoxy) is 1. The van der Waals surface area contributed by atoms with Crippen LogP contribution < -0.4 is 0 Å². The highest BCUT2D eigenvalue weighted by atomic mass is 16.5. The van der Waals surface area contributed by atoms with E-state index in [9.17, 15) is 14.7 Å². The Hall–Kier alpha value is -1.68. The first kappa shape index (κ1) is 20.6. The van der Waals surface area contributed by atoms with E-state index in [4.69, 9.17) is 4.74 Å². The number of aliphatic hydroxyl groups excluding tert-OH is 1. The molecule has 2 bridgehead atoms. The van der Waals surface area contributed by atoms with Crippen molar-refractivity contribution in [3.63, 3.8) is 0 Å². The third-order valence-corrected chi connectivity index (χ3v) is 8.81. The maximum absolute atomic E-state index is 12.9. The Morgan fingerprint density at radius 1 is 1.21 bits per heavy atom. The maximum atomic E-state index is 12.9. The molecule has 4 heteroatoms. The minimum absolute atomic E-state index is 0.0413. The summed E-state index contributed by atoms with van der Waals surface area (Å²) in [6.45, 7) is 12.6. The van der Waals surface area contributed by atoms with Crippen LogP contribution in [0.4, 0.5) is 0 Å². The van der Waals surface area contributed by atoms with Crippen LogP contribution in [0.3, 0.4) is 0 Å². The molecular formula is C25H34O4.